The van der Waals surface area contributed by atoms with E-state index in [-0.39, 0.29) is 36.7 Å². The molecule has 0 unspecified atom stereocenters. The largest absolute Gasteiger partial charge is 0.497 e. The summed E-state index contributed by atoms with van der Waals surface area (Å²) in [6, 6.07) is 13.0. The number of aromatic nitrogens is 1. The molecule has 11 heteroatoms. The second kappa shape index (κ2) is 16.8. The van der Waals surface area contributed by atoms with Gasteiger partial charge in [-0.25, -0.2) is 4.79 Å². The molecule has 3 N–H and O–H groups in total. The van der Waals surface area contributed by atoms with E-state index in [1.165, 1.54) is 7.11 Å². The van der Waals surface area contributed by atoms with E-state index in [4.69, 9.17) is 33.5 Å². The molecule has 0 radical (unpaired) electrons. The molecule has 11 nitrogen and oxygen atoms in total. The fraction of sp³-hybridized carbons (Fsp3) is 0.455. The maximum atomic E-state index is 13.4. The van der Waals surface area contributed by atoms with Gasteiger partial charge in [0, 0.05) is 48.7 Å². The van der Waals surface area contributed by atoms with Gasteiger partial charge in [-0.2, -0.15) is 0 Å². The van der Waals surface area contributed by atoms with Gasteiger partial charge < -0.3 is 43.8 Å². The van der Waals surface area contributed by atoms with E-state index < -0.39 is 12.3 Å². The summed E-state index contributed by atoms with van der Waals surface area (Å²) < 4.78 is 33.4. The molecular formula is C33H42N2O9. The van der Waals surface area contributed by atoms with E-state index in [1.807, 2.05) is 49.5 Å². The number of carbonyl (C=O) groups excluding carboxylic acids is 2. The molecule has 0 saturated heterocycles. The topological polar surface area (TPSA) is 138 Å². The Morgan fingerprint density at radius 1 is 1.02 bits per heavy atom. The normalized spacial score (nSPS) is 18.0. The number of aliphatic hydroxyl groups excluding tert-OH is 1. The van der Waals surface area contributed by atoms with E-state index in [0.717, 1.165) is 27.8 Å². The molecule has 0 bridgehead atoms. The van der Waals surface area contributed by atoms with Crippen LogP contribution in [0, 0.1) is 5.92 Å². The molecule has 0 aliphatic carbocycles. The number of fused-ring (bicyclic) bond motifs is 1. The zero-order valence-corrected chi connectivity index (χ0v) is 25.5. The maximum absolute atomic E-state index is 13.4. The Labute approximate surface area is 257 Å². The van der Waals surface area contributed by atoms with Crippen LogP contribution in [0.15, 0.2) is 60.5 Å². The number of hydrogen-bond acceptors (Lipinski definition) is 9. The number of esters is 1. The van der Waals surface area contributed by atoms with Crippen molar-refractivity contribution in [2.45, 2.75) is 32.0 Å². The first-order chi connectivity index (χ1) is 21.5. The van der Waals surface area contributed by atoms with Crippen molar-refractivity contribution >= 4 is 22.8 Å². The highest BCUT2D eigenvalue weighted by Crippen LogP contribution is 2.39. The maximum Gasteiger partial charge on any atom is 0.337 e. The lowest BCUT2D eigenvalue weighted by atomic mass is 9.81. The first-order valence-electron chi connectivity index (χ1n) is 14.9. The Morgan fingerprint density at radius 2 is 1.80 bits per heavy atom. The lowest BCUT2D eigenvalue weighted by Gasteiger charge is -2.37. The average Bonchev–Trinajstić information content (AvgIpc) is 3.46. The molecule has 1 aliphatic rings. The molecular weight excluding hydrogens is 568 g/mol. The van der Waals surface area contributed by atoms with E-state index in [2.05, 4.69) is 10.3 Å². The summed E-state index contributed by atoms with van der Waals surface area (Å²) in [5.74, 6) is -0.225. The highest BCUT2D eigenvalue weighted by Gasteiger charge is 2.38. The SMILES string of the molecule is CCO[C@H]1OC(C(=O)NCCc2c[nH]c3ccc(OC)cc23)=C[C@@H](c2ccc(C(=O)OC)cc2)[C@H]1CCOCCOCCO. The zero-order valence-electron chi connectivity index (χ0n) is 25.5. The van der Waals surface area contributed by atoms with Crippen molar-refractivity contribution in [3.8, 4) is 5.75 Å². The summed E-state index contributed by atoms with van der Waals surface area (Å²) >= 11 is 0. The van der Waals surface area contributed by atoms with E-state index in [1.54, 1.807) is 19.2 Å². The Balaban J connectivity index is 1.49. The highest BCUT2D eigenvalue weighted by atomic mass is 16.7. The van der Waals surface area contributed by atoms with E-state index in [9.17, 15) is 9.59 Å². The first-order valence-corrected chi connectivity index (χ1v) is 14.9. The lowest BCUT2D eigenvalue weighted by molar-refractivity contribution is -0.168. The number of amides is 1. The van der Waals surface area contributed by atoms with Crippen LogP contribution in [0.4, 0.5) is 0 Å². The molecule has 2 aromatic carbocycles. The minimum absolute atomic E-state index is 0.0353. The van der Waals surface area contributed by atoms with Crippen molar-refractivity contribution in [2.75, 3.05) is 60.4 Å². The fourth-order valence-corrected chi connectivity index (χ4v) is 5.27. The monoisotopic (exact) mass is 610 g/mol. The summed E-state index contributed by atoms with van der Waals surface area (Å²) in [6.45, 7) is 4.09. The van der Waals surface area contributed by atoms with Crippen LogP contribution in [0.1, 0.15) is 40.7 Å². The van der Waals surface area contributed by atoms with Gasteiger partial charge in [-0.1, -0.05) is 12.1 Å². The Bertz CT molecular complexity index is 1390. The van der Waals surface area contributed by atoms with Gasteiger partial charge in [0.1, 0.15) is 5.75 Å². The number of ether oxygens (including phenoxy) is 6. The molecule has 0 saturated carbocycles. The van der Waals surface area contributed by atoms with Crippen molar-refractivity contribution in [3.05, 3.63) is 77.2 Å². The smallest absolute Gasteiger partial charge is 0.337 e. The third kappa shape index (κ3) is 8.60. The number of aliphatic hydroxyl groups is 1. The van der Waals surface area contributed by atoms with Gasteiger partial charge in [0.25, 0.3) is 5.91 Å². The zero-order chi connectivity index (χ0) is 31.3. The summed E-state index contributed by atoms with van der Waals surface area (Å²) in [6.07, 6.45) is 4.28. The van der Waals surface area contributed by atoms with E-state index in [0.29, 0.717) is 51.4 Å². The molecule has 44 heavy (non-hydrogen) atoms. The van der Waals surface area contributed by atoms with Crippen LogP contribution >= 0.6 is 0 Å². The van der Waals surface area contributed by atoms with Crippen molar-refractivity contribution in [3.63, 3.8) is 0 Å². The molecule has 2 heterocycles. The summed E-state index contributed by atoms with van der Waals surface area (Å²) in [5.41, 5.74) is 3.40. The minimum Gasteiger partial charge on any atom is -0.497 e. The molecule has 1 aliphatic heterocycles. The number of allylic oxidation sites excluding steroid dienone is 1. The second-order valence-electron chi connectivity index (χ2n) is 10.2. The number of aromatic amines is 1. The third-order valence-corrected chi connectivity index (χ3v) is 7.51. The van der Waals surface area contributed by atoms with Crippen LogP contribution in [-0.2, 0) is 34.9 Å². The Morgan fingerprint density at radius 3 is 2.50 bits per heavy atom. The van der Waals surface area contributed by atoms with Gasteiger partial charge in [-0.3, -0.25) is 4.79 Å². The molecule has 238 valence electrons. The number of benzene rings is 2. The molecule has 3 atom stereocenters. The van der Waals surface area contributed by atoms with Crippen LogP contribution in [0.25, 0.3) is 10.9 Å². The predicted molar refractivity (Wildman–Crippen MR) is 163 cm³/mol. The van der Waals surface area contributed by atoms with Crippen molar-refractivity contribution < 1.29 is 43.1 Å². The van der Waals surface area contributed by atoms with E-state index >= 15 is 0 Å². The summed E-state index contributed by atoms with van der Waals surface area (Å²) in [4.78, 5) is 28.7. The fourth-order valence-electron chi connectivity index (χ4n) is 5.27. The van der Waals surface area contributed by atoms with Crippen molar-refractivity contribution in [2.24, 2.45) is 5.92 Å². The quantitative estimate of drug-likeness (QED) is 0.154. The lowest BCUT2D eigenvalue weighted by Crippen LogP contribution is -2.39. The van der Waals surface area contributed by atoms with Gasteiger partial charge in [0.2, 0.25) is 6.29 Å². The van der Waals surface area contributed by atoms with Gasteiger partial charge in [-0.05, 0) is 67.3 Å². The Kier molecular flexibility index (Phi) is 12.6. The van der Waals surface area contributed by atoms with Crippen molar-refractivity contribution in [1.29, 1.82) is 0 Å². The summed E-state index contributed by atoms with van der Waals surface area (Å²) in [5, 5.41) is 12.9. The van der Waals surface area contributed by atoms with Gasteiger partial charge in [0.15, 0.2) is 5.76 Å². The van der Waals surface area contributed by atoms with Gasteiger partial charge >= 0.3 is 5.97 Å². The Hall–Kier alpha value is -3.90. The molecule has 0 spiro atoms. The van der Waals surface area contributed by atoms with Crippen LogP contribution in [0.5, 0.6) is 5.75 Å². The van der Waals surface area contributed by atoms with Crippen LogP contribution in [0.2, 0.25) is 0 Å². The highest BCUT2D eigenvalue weighted by molar-refractivity contribution is 5.92. The average molecular weight is 611 g/mol. The first kappa shape index (κ1) is 33.0. The van der Waals surface area contributed by atoms with Gasteiger partial charge in [0.05, 0.1) is 46.2 Å². The van der Waals surface area contributed by atoms with Crippen LogP contribution < -0.4 is 10.1 Å². The number of hydrogen-bond donors (Lipinski definition) is 3. The number of H-pyrrole nitrogens is 1. The third-order valence-electron chi connectivity index (χ3n) is 7.51. The predicted octanol–water partition coefficient (Wildman–Crippen LogP) is 3.71. The number of rotatable bonds is 17. The van der Waals surface area contributed by atoms with Crippen LogP contribution in [-0.4, -0.2) is 88.7 Å². The standard InChI is InChI=1S/C33H42N2O9/c1-4-43-33-26(12-15-41-17-18-42-16-14-36)27(22-5-7-23(8-6-22)32(38)40-3)20-30(44-33)31(37)34-13-11-24-21-35-29-10-9-25(39-2)19-28(24)29/h5-10,19-21,26-27,33,35-36H,4,11-18H2,1-3H3,(H,34,37)/t26-,27+,33+/m1/s1. The number of carbonyl (C=O) groups is 2. The minimum atomic E-state index is -0.689. The number of methoxy groups -OCH3 is 2. The van der Waals surface area contributed by atoms with Gasteiger partial charge in [-0.15, -0.1) is 0 Å². The molecule has 4 rings (SSSR count). The number of nitrogens with one attached hydrogen (secondary N) is 2. The second-order valence-corrected chi connectivity index (χ2v) is 10.2. The molecule has 3 aromatic rings. The molecule has 1 aromatic heterocycles. The molecule has 1 amide bonds. The summed E-state index contributed by atoms with van der Waals surface area (Å²) in [7, 11) is 2.98. The molecule has 0 fully saturated rings. The van der Waals surface area contributed by atoms with Crippen LogP contribution in [0.3, 0.4) is 0 Å². The van der Waals surface area contributed by atoms with Crippen molar-refractivity contribution in [1.82, 2.24) is 10.3 Å².